The smallest absolute Gasteiger partial charge is 0.287 e. The van der Waals surface area contributed by atoms with Gasteiger partial charge in [-0.15, -0.1) is 5.10 Å². The van der Waals surface area contributed by atoms with Gasteiger partial charge >= 0.3 is 0 Å². The van der Waals surface area contributed by atoms with Crippen molar-refractivity contribution in [3.63, 3.8) is 0 Å². The van der Waals surface area contributed by atoms with E-state index in [0.717, 1.165) is 28.7 Å². The number of benzene rings is 2. The molecule has 10 heteroatoms. The summed E-state index contributed by atoms with van der Waals surface area (Å²) in [6.45, 7) is -0.786. The third-order valence-electron chi connectivity index (χ3n) is 6.83. The van der Waals surface area contributed by atoms with Crippen molar-refractivity contribution in [2.45, 2.75) is 42.7 Å². The van der Waals surface area contributed by atoms with Gasteiger partial charge in [0.05, 0.1) is 6.54 Å². The average Bonchev–Trinajstić information content (AvgIpc) is 3.13. The summed E-state index contributed by atoms with van der Waals surface area (Å²) >= 11 is 5.92. The second kappa shape index (κ2) is 6.49. The number of aliphatic hydroxyl groups is 1. The Kier molecular flexibility index (Phi) is 4.27. The van der Waals surface area contributed by atoms with E-state index in [1.54, 1.807) is 12.1 Å². The van der Waals surface area contributed by atoms with Crippen LogP contribution in [0, 0.1) is 17.0 Å². The molecule has 3 aromatic rings. The lowest BCUT2D eigenvalue weighted by atomic mass is 9.30. The molecule has 0 unspecified atom stereocenters. The Morgan fingerprint density at radius 2 is 1.74 bits per heavy atom. The van der Waals surface area contributed by atoms with Crippen molar-refractivity contribution in [3.8, 4) is 0 Å². The molecule has 1 atom stereocenters. The highest BCUT2D eigenvalue weighted by Gasteiger charge is 2.82. The minimum Gasteiger partial charge on any atom is -0.377 e. The van der Waals surface area contributed by atoms with Crippen molar-refractivity contribution >= 4 is 11.6 Å². The molecule has 0 spiro atoms. The van der Waals surface area contributed by atoms with Crippen LogP contribution in [-0.2, 0) is 17.6 Å². The van der Waals surface area contributed by atoms with E-state index in [9.17, 15) is 13.9 Å². The molecular weight excluding hydrogens is 436 g/mol. The molecule has 3 fully saturated rings. The van der Waals surface area contributed by atoms with Gasteiger partial charge in [-0.1, -0.05) is 23.7 Å². The molecule has 2 aromatic carbocycles. The van der Waals surface area contributed by atoms with Crippen molar-refractivity contribution < 1.29 is 22.7 Å². The van der Waals surface area contributed by atoms with Crippen molar-refractivity contribution in [1.29, 1.82) is 0 Å². The zero-order chi connectivity index (χ0) is 22.1. The maximum absolute atomic E-state index is 16.0. The van der Waals surface area contributed by atoms with Crippen LogP contribution in [0.1, 0.15) is 30.4 Å². The van der Waals surface area contributed by atoms with Gasteiger partial charge in [-0.05, 0) is 64.9 Å². The third-order valence-corrected chi connectivity index (χ3v) is 7.08. The molecule has 0 saturated heterocycles. The van der Waals surface area contributed by atoms with Gasteiger partial charge in [0.25, 0.3) is 5.92 Å². The number of halogens is 5. The molecule has 6 rings (SSSR count). The normalized spacial score (nSPS) is 26.6. The van der Waals surface area contributed by atoms with Gasteiger partial charge in [0.15, 0.2) is 5.60 Å². The standard InChI is InChI=1S/C21H17ClF4N4O/c22-14-3-1-13(2-4-14)18-8-19(9-18,10-18)21(25,26)20(31,11-30-12-27-28-29-30)16-6-5-15(23)7-17(16)24/h1-7,12,31H,8-11H2/t18?,19?,20-/m0/s1. The quantitative estimate of drug-likeness (QED) is 0.568. The Hall–Kier alpha value is -2.52. The van der Waals surface area contributed by atoms with Crippen LogP contribution < -0.4 is 0 Å². The van der Waals surface area contributed by atoms with E-state index >= 15 is 8.78 Å². The zero-order valence-electron chi connectivity index (χ0n) is 16.1. The fourth-order valence-corrected chi connectivity index (χ4v) is 5.46. The largest absolute Gasteiger partial charge is 0.377 e. The van der Waals surface area contributed by atoms with Gasteiger partial charge in [-0.25, -0.2) is 22.2 Å². The lowest BCUT2D eigenvalue weighted by molar-refractivity contribution is -0.347. The predicted octanol–water partition coefficient (Wildman–Crippen LogP) is 4.25. The van der Waals surface area contributed by atoms with E-state index < -0.39 is 46.1 Å². The van der Waals surface area contributed by atoms with E-state index in [-0.39, 0.29) is 19.3 Å². The Morgan fingerprint density at radius 3 is 2.32 bits per heavy atom. The van der Waals surface area contributed by atoms with Gasteiger partial charge in [0, 0.05) is 22.1 Å². The molecule has 1 aromatic heterocycles. The minimum absolute atomic E-state index is 0.134. The molecule has 1 heterocycles. The van der Waals surface area contributed by atoms with Crippen molar-refractivity contribution in [1.82, 2.24) is 20.2 Å². The summed E-state index contributed by atoms with van der Waals surface area (Å²) in [6, 6.07) is 9.23. The highest BCUT2D eigenvalue weighted by atomic mass is 35.5. The molecule has 1 N–H and O–H groups in total. The Morgan fingerprint density at radius 1 is 1.06 bits per heavy atom. The number of hydrogen-bond acceptors (Lipinski definition) is 4. The van der Waals surface area contributed by atoms with Gasteiger partial charge in [-0.2, -0.15) is 0 Å². The van der Waals surface area contributed by atoms with Gasteiger partial charge in [0.1, 0.15) is 18.0 Å². The molecular formula is C21H17ClF4N4O. The van der Waals surface area contributed by atoms with Crippen molar-refractivity contribution in [2.75, 3.05) is 0 Å². The van der Waals surface area contributed by atoms with Crippen LogP contribution in [0.2, 0.25) is 5.02 Å². The van der Waals surface area contributed by atoms with Crippen LogP contribution >= 0.6 is 11.6 Å². The lowest BCUT2D eigenvalue weighted by Gasteiger charge is -2.74. The molecule has 3 saturated carbocycles. The molecule has 0 aliphatic heterocycles. The number of rotatable bonds is 6. The first kappa shape index (κ1) is 20.4. The fourth-order valence-electron chi connectivity index (χ4n) is 5.33. The highest BCUT2D eigenvalue weighted by Crippen LogP contribution is 2.80. The summed E-state index contributed by atoms with van der Waals surface area (Å²) in [4.78, 5) is 0. The van der Waals surface area contributed by atoms with E-state index in [0.29, 0.717) is 11.1 Å². The van der Waals surface area contributed by atoms with Crippen LogP contribution in [0.15, 0.2) is 48.8 Å². The average molecular weight is 453 g/mol. The lowest BCUT2D eigenvalue weighted by Crippen LogP contribution is -2.76. The molecule has 0 amide bonds. The highest BCUT2D eigenvalue weighted by molar-refractivity contribution is 6.30. The van der Waals surface area contributed by atoms with E-state index in [4.69, 9.17) is 11.6 Å². The van der Waals surface area contributed by atoms with Crippen LogP contribution in [0.5, 0.6) is 0 Å². The molecule has 31 heavy (non-hydrogen) atoms. The monoisotopic (exact) mass is 452 g/mol. The number of hydrogen-bond donors (Lipinski definition) is 1. The van der Waals surface area contributed by atoms with E-state index in [2.05, 4.69) is 15.5 Å². The van der Waals surface area contributed by atoms with Crippen molar-refractivity contribution in [2.24, 2.45) is 5.41 Å². The number of aromatic nitrogens is 4. The van der Waals surface area contributed by atoms with Crippen LogP contribution in [0.4, 0.5) is 17.6 Å². The molecule has 0 radical (unpaired) electrons. The van der Waals surface area contributed by atoms with Crippen LogP contribution in [0.25, 0.3) is 0 Å². The van der Waals surface area contributed by atoms with Crippen molar-refractivity contribution in [3.05, 3.63) is 76.6 Å². The second-order valence-corrected chi connectivity index (χ2v) is 9.10. The predicted molar refractivity (Wildman–Crippen MR) is 102 cm³/mol. The maximum atomic E-state index is 16.0. The summed E-state index contributed by atoms with van der Waals surface area (Å²) in [5.41, 5.74) is -4.69. The summed E-state index contributed by atoms with van der Waals surface area (Å²) < 4.78 is 61.0. The van der Waals surface area contributed by atoms with Crippen LogP contribution in [0.3, 0.4) is 0 Å². The topological polar surface area (TPSA) is 63.8 Å². The SMILES string of the molecule is O[C@@](Cn1cnnn1)(c1ccc(F)cc1F)C(F)(F)C12CC(c3ccc(Cl)cc3)(C1)C2. The second-order valence-electron chi connectivity index (χ2n) is 8.66. The first-order chi connectivity index (χ1) is 14.6. The molecule has 3 aliphatic rings. The first-order valence-corrected chi connectivity index (χ1v) is 10.0. The Balaban J connectivity index is 1.52. The number of nitrogens with zero attached hydrogens (tertiary/aromatic N) is 4. The fraction of sp³-hybridized carbons (Fsp3) is 0.381. The van der Waals surface area contributed by atoms with Gasteiger partial charge in [0.2, 0.25) is 0 Å². The molecule has 5 nitrogen and oxygen atoms in total. The summed E-state index contributed by atoms with van der Waals surface area (Å²) in [5.74, 6) is -5.92. The number of alkyl halides is 2. The third kappa shape index (κ3) is 2.75. The van der Waals surface area contributed by atoms with Gasteiger partial charge < -0.3 is 5.11 Å². The summed E-state index contributed by atoms with van der Waals surface area (Å²) in [7, 11) is 0. The first-order valence-electron chi connectivity index (χ1n) is 9.64. The maximum Gasteiger partial charge on any atom is 0.287 e. The zero-order valence-corrected chi connectivity index (χ0v) is 16.8. The van der Waals surface area contributed by atoms with Gasteiger partial charge in [-0.3, -0.25) is 0 Å². The molecule has 3 aliphatic carbocycles. The van der Waals surface area contributed by atoms with Crippen LogP contribution in [-0.4, -0.2) is 31.2 Å². The minimum atomic E-state index is -3.74. The van der Waals surface area contributed by atoms with E-state index in [1.165, 1.54) is 0 Å². The Labute approximate surface area is 179 Å². The van der Waals surface area contributed by atoms with E-state index in [1.807, 2.05) is 12.1 Å². The molecule has 162 valence electrons. The number of tetrazole rings is 1. The molecule has 2 bridgehead atoms. The summed E-state index contributed by atoms with van der Waals surface area (Å²) in [5, 5.41) is 22.2. The summed E-state index contributed by atoms with van der Waals surface area (Å²) in [6.07, 6.45) is 1.46. The Bertz CT molecular complexity index is 1120.